The van der Waals surface area contributed by atoms with Crippen LogP contribution in [-0.4, -0.2) is 82.3 Å². The average molecular weight is 465 g/mol. The first-order valence-corrected chi connectivity index (χ1v) is 12.3. The van der Waals surface area contributed by atoms with Crippen LogP contribution >= 0.6 is 0 Å². The predicted octanol–water partition coefficient (Wildman–Crippen LogP) is 2.15. The first kappa shape index (κ1) is 25.7. The number of hydrogen-bond donors (Lipinski definition) is 1. The highest BCUT2D eigenvalue weighted by Gasteiger charge is 2.79. The highest BCUT2D eigenvalue weighted by molar-refractivity contribution is 5.98. The minimum absolute atomic E-state index is 0.0817. The standard InChI is InChI=1S/C25H40N2O6/c1-7-10-14-26(13-8-2)22(30)20-25-12-11-24(6,33-25)19(23(31)32-9-3)18(25)21(29)27(20)17(15-28)16(4)5/h8,16-20,28H,2,7,9-15H2,1,3-6H3/t17-,18-,19+,20?,24-,25?/m0/s1. The van der Waals surface area contributed by atoms with Crippen LogP contribution in [0, 0.1) is 17.8 Å². The van der Waals surface area contributed by atoms with E-state index in [1.807, 2.05) is 20.8 Å². The molecular weight excluding hydrogens is 424 g/mol. The Bertz CT molecular complexity index is 785. The Kier molecular flexibility index (Phi) is 7.58. The number of aliphatic hydroxyl groups is 1. The first-order valence-electron chi connectivity index (χ1n) is 12.3. The second-order valence-electron chi connectivity index (χ2n) is 10.1. The number of nitrogens with zero attached hydrogens (tertiary/aromatic N) is 2. The molecule has 1 spiro atoms. The molecule has 0 aliphatic carbocycles. The van der Waals surface area contributed by atoms with Gasteiger partial charge in [0.25, 0.3) is 0 Å². The van der Waals surface area contributed by atoms with Crippen LogP contribution in [-0.2, 0) is 23.9 Å². The molecule has 2 unspecified atom stereocenters. The second kappa shape index (κ2) is 9.74. The maximum absolute atomic E-state index is 14.1. The summed E-state index contributed by atoms with van der Waals surface area (Å²) in [6.07, 6.45) is 4.51. The van der Waals surface area contributed by atoms with Crippen molar-refractivity contribution in [1.82, 2.24) is 9.80 Å². The molecule has 3 rings (SSSR count). The quantitative estimate of drug-likeness (QED) is 0.372. The summed E-state index contributed by atoms with van der Waals surface area (Å²) in [5.74, 6) is -2.60. The fourth-order valence-corrected chi connectivity index (χ4v) is 6.18. The molecule has 0 aromatic carbocycles. The zero-order valence-corrected chi connectivity index (χ0v) is 20.7. The van der Waals surface area contributed by atoms with Gasteiger partial charge in [-0.05, 0) is 39.0 Å². The molecule has 2 amide bonds. The van der Waals surface area contributed by atoms with Crippen molar-refractivity contribution >= 4 is 17.8 Å². The van der Waals surface area contributed by atoms with Gasteiger partial charge in [0.2, 0.25) is 11.8 Å². The van der Waals surface area contributed by atoms with Gasteiger partial charge in [0, 0.05) is 13.1 Å². The first-order chi connectivity index (χ1) is 15.6. The molecule has 33 heavy (non-hydrogen) atoms. The van der Waals surface area contributed by atoms with Crippen LogP contribution in [0.15, 0.2) is 12.7 Å². The topological polar surface area (TPSA) is 96.4 Å². The number of carbonyl (C=O) groups excluding carboxylic acids is 3. The monoisotopic (exact) mass is 464 g/mol. The van der Waals surface area contributed by atoms with Crippen LogP contribution in [0.1, 0.15) is 60.3 Å². The van der Waals surface area contributed by atoms with Gasteiger partial charge in [0.05, 0.1) is 30.8 Å². The summed E-state index contributed by atoms with van der Waals surface area (Å²) < 4.78 is 11.9. The molecule has 6 atom stereocenters. The minimum Gasteiger partial charge on any atom is -0.466 e. The molecule has 3 heterocycles. The molecule has 8 nitrogen and oxygen atoms in total. The number of unbranched alkanes of at least 4 members (excludes halogenated alkanes) is 1. The SMILES string of the molecule is C=CCN(CCCC)C(=O)C1N([C@@H](CO)C(C)C)C(=O)[C@@H]2[C@H](C(=O)OCC)[C@]3(C)CCC12O3. The molecule has 0 saturated carbocycles. The molecule has 0 aromatic heterocycles. The smallest absolute Gasteiger partial charge is 0.312 e. The molecule has 3 fully saturated rings. The Morgan fingerprint density at radius 3 is 2.61 bits per heavy atom. The Hall–Kier alpha value is -1.93. The third-order valence-electron chi connectivity index (χ3n) is 7.75. The number of rotatable bonds is 11. The zero-order chi connectivity index (χ0) is 24.6. The van der Waals surface area contributed by atoms with E-state index in [0.29, 0.717) is 25.9 Å². The molecule has 0 radical (unpaired) electrons. The lowest BCUT2D eigenvalue weighted by molar-refractivity contribution is -0.162. The second-order valence-corrected chi connectivity index (χ2v) is 10.1. The van der Waals surface area contributed by atoms with Gasteiger partial charge in [0.15, 0.2) is 0 Å². The molecule has 8 heteroatoms. The van der Waals surface area contributed by atoms with E-state index < -0.39 is 41.1 Å². The van der Waals surface area contributed by atoms with Crippen molar-refractivity contribution in [3.05, 3.63) is 12.7 Å². The van der Waals surface area contributed by atoms with Gasteiger partial charge in [-0.15, -0.1) is 6.58 Å². The zero-order valence-electron chi connectivity index (χ0n) is 20.7. The molecule has 3 aliphatic heterocycles. The maximum atomic E-state index is 14.1. The highest BCUT2D eigenvalue weighted by atomic mass is 16.6. The van der Waals surface area contributed by atoms with E-state index in [2.05, 4.69) is 13.5 Å². The molecule has 186 valence electrons. The Balaban J connectivity index is 2.12. The van der Waals surface area contributed by atoms with Crippen molar-refractivity contribution < 1.29 is 29.0 Å². The summed E-state index contributed by atoms with van der Waals surface area (Å²) in [7, 11) is 0. The third-order valence-corrected chi connectivity index (χ3v) is 7.75. The van der Waals surface area contributed by atoms with Crippen molar-refractivity contribution in [2.24, 2.45) is 17.8 Å². The van der Waals surface area contributed by atoms with Gasteiger partial charge < -0.3 is 24.4 Å². The number of ether oxygens (including phenoxy) is 2. The lowest BCUT2D eigenvalue weighted by Gasteiger charge is -2.40. The van der Waals surface area contributed by atoms with Crippen LogP contribution in [0.25, 0.3) is 0 Å². The number of aliphatic hydroxyl groups excluding tert-OH is 1. The van der Waals surface area contributed by atoms with Gasteiger partial charge in [0.1, 0.15) is 17.6 Å². The molecule has 1 N–H and O–H groups in total. The van der Waals surface area contributed by atoms with E-state index in [9.17, 15) is 19.5 Å². The van der Waals surface area contributed by atoms with Crippen LogP contribution in [0.4, 0.5) is 0 Å². The lowest BCUT2D eigenvalue weighted by atomic mass is 9.66. The summed E-state index contributed by atoms with van der Waals surface area (Å²) in [5, 5.41) is 10.2. The van der Waals surface area contributed by atoms with Gasteiger partial charge in [-0.25, -0.2) is 0 Å². The number of hydrogen-bond acceptors (Lipinski definition) is 6. The summed E-state index contributed by atoms with van der Waals surface area (Å²) >= 11 is 0. The average Bonchev–Trinajstić information content (AvgIpc) is 3.32. The van der Waals surface area contributed by atoms with Crippen molar-refractivity contribution in [1.29, 1.82) is 0 Å². The highest BCUT2D eigenvalue weighted by Crippen LogP contribution is 2.63. The fourth-order valence-electron chi connectivity index (χ4n) is 6.18. The number of esters is 1. The van der Waals surface area contributed by atoms with E-state index in [0.717, 1.165) is 12.8 Å². The van der Waals surface area contributed by atoms with Gasteiger partial charge >= 0.3 is 5.97 Å². The van der Waals surface area contributed by atoms with Gasteiger partial charge in [-0.2, -0.15) is 0 Å². The lowest BCUT2D eigenvalue weighted by Crippen LogP contribution is -2.59. The Labute approximate surface area is 197 Å². The molecule has 2 bridgehead atoms. The van der Waals surface area contributed by atoms with E-state index in [4.69, 9.17) is 9.47 Å². The van der Waals surface area contributed by atoms with E-state index >= 15 is 0 Å². The summed E-state index contributed by atoms with van der Waals surface area (Å²) in [6, 6.07) is -1.45. The van der Waals surface area contributed by atoms with Gasteiger partial charge in [-0.1, -0.05) is 33.3 Å². The van der Waals surface area contributed by atoms with Gasteiger partial charge in [-0.3, -0.25) is 14.4 Å². The largest absolute Gasteiger partial charge is 0.466 e. The van der Waals surface area contributed by atoms with Crippen molar-refractivity contribution in [2.75, 3.05) is 26.3 Å². The van der Waals surface area contributed by atoms with E-state index in [1.54, 1.807) is 17.9 Å². The van der Waals surface area contributed by atoms with Crippen LogP contribution < -0.4 is 0 Å². The predicted molar refractivity (Wildman–Crippen MR) is 123 cm³/mol. The van der Waals surface area contributed by atoms with E-state index in [1.165, 1.54) is 4.90 Å². The maximum Gasteiger partial charge on any atom is 0.312 e. The molecule has 3 aliphatic rings. The van der Waals surface area contributed by atoms with Crippen molar-refractivity contribution in [2.45, 2.75) is 83.6 Å². The molecule has 3 saturated heterocycles. The van der Waals surface area contributed by atoms with Crippen LogP contribution in [0.5, 0.6) is 0 Å². The van der Waals surface area contributed by atoms with Crippen LogP contribution in [0.3, 0.4) is 0 Å². The number of likely N-dealkylation sites (tertiary alicyclic amines) is 1. The normalized spacial score (nSPS) is 33.4. The number of amides is 2. The minimum atomic E-state index is -1.10. The third kappa shape index (κ3) is 3.99. The number of fused-ring (bicyclic) bond motifs is 1. The summed E-state index contributed by atoms with van der Waals surface area (Å²) in [5.41, 5.74) is -1.95. The molecular formula is C25H40N2O6. The Morgan fingerprint density at radius 1 is 1.36 bits per heavy atom. The number of carbonyl (C=O) groups is 3. The van der Waals surface area contributed by atoms with Crippen LogP contribution in [0.2, 0.25) is 0 Å². The molecule has 0 aromatic rings. The van der Waals surface area contributed by atoms with Crippen molar-refractivity contribution in [3.8, 4) is 0 Å². The Morgan fingerprint density at radius 2 is 2.06 bits per heavy atom. The van der Waals surface area contributed by atoms with E-state index in [-0.39, 0.29) is 30.9 Å². The summed E-state index contributed by atoms with van der Waals surface area (Å²) in [6.45, 7) is 14.1. The fraction of sp³-hybridized carbons (Fsp3) is 0.800. The van der Waals surface area contributed by atoms with Crippen molar-refractivity contribution in [3.63, 3.8) is 0 Å². The summed E-state index contributed by atoms with van der Waals surface area (Å²) in [4.78, 5) is 44.4.